The molecule has 0 radical (unpaired) electrons. The van der Waals surface area contributed by atoms with Gasteiger partial charge in [0.15, 0.2) is 0 Å². The molecule has 20 heavy (non-hydrogen) atoms. The minimum Gasteiger partial charge on any atom is -0.381 e. The predicted molar refractivity (Wildman–Crippen MR) is 84.9 cm³/mol. The summed E-state index contributed by atoms with van der Waals surface area (Å²) >= 11 is 2.07. The maximum Gasteiger partial charge on any atom is 0.264 e. The molecule has 0 aromatic carbocycles. The van der Waals surface area contributed by atoms with Gasteiger partial charge in [0.05, 0.1) is 9.26 Å². The molecule has 2 heterocycles. The second-order valence-electron chi connectivity index (χ2n) is 4.96. The smallest absolute Gasteiger partial charge is 0.264 e. The van der Waals surface area contributed by atoms with Crippen LogP contribution in [0.4, 0.5) is 0 Å². The number of H-pyrrole nitrogens is 1. The van der Waals surface area contributed by atoms with Gasteiger partial charge in [0.1, 0.15) is 11.4 Å². The lowest BCUT2D eigenvalue weighted by Crippen LogP contribution is -2.40. The van der Waals surface area contributed by atoms with Gasteiger partial charge in [-0.05, 0) is 35.9 Å². The summed E-state index contributed by atoms with van der Waals surface area (Å²) in [5, 5.41) is 0. The molecule has 0 amide bonds. The zero-order valence-electron chi connectivity index (χ0n) is 12.0. The lowest BCUT2D eigenvalue weighted by atomic mass is 9.92. The zero-order chi connectivity index (χ0) is 14.6. The maximum absolute atomic E-state index is 12.1. The number of hydrogen-bond acceptors (Lipinski definition) is 4. The van der Waals surface area contributed by atoms with E-state index in [0.717, 1.165) is 31.4 Å². The minimum atomic E-state index is -0.501. The SMILES string of the molecule is CCCc1nc(C2(OCC)CCOCC2)[nH]c(=O)c1I. The van der Waals surface area contributed by atoms with E-state index in [2.05, 4.69) is 34.5 Å². The van der Waals surface area contributed by atoms with Crippen molar-refractivity contribution in [2.24, 2.45) is 0 Å². The molecule has 0 spiro atoms. The van der Waals surface area contributed by atoms with E-state index in [0.29, 0.717) is 29.2 Å². The standard InChI is InChI=1S/C14H21IN2O3/c1-3-5-10-11(15)12(18)17-13(16-10)14(20-4-2)6-8-19-9-7-14/h3-9H2,1-2H3,(H,16,17,18). The molecule has 1 aliphatic rings. The van der Waals surface area contributed by atoms with Crippen LogP contribution < -0.4 is 5.56 Å². The first kappa shape index (κ1) is 15.9. The summed E-state index contributed by atoms with van der Waals surface area (Å²) in [5.74, 6) is 0.663. The summed E-state index contributed by atoms with van der Waals surface area (Å²) in [6, 6.07) is 0. The van der Waals surface area contributed by atoms with Gasteiger partial charge in [-0.15, -0.1) is 0 Å². The van der Waals surface area contributed by atoms with Crippen molar-refractivity contribution in [3.8, 4) is 0 Å². The largest absolute Gasteiger partial charge is 0.381 e. The molecule has 0 aliphatic carbocycles. The van der Waals surface area contributed by atoms with Crippen molar-refractivity contribution >= 4 is 22.6 Å². The molecule has 0 saturated carbocycles. The number of nitrogens with zero attached hydrogens (tertiary/aromatic N) is 1. The van der Waals surface area contributed by atoms with Crippen LogP contribution in [0.1, 0.15) is 44.6 Å². The molecule has 6 heteroatoms. The van der Waals surface area contributed by atoms with Crippen molar-refractivity contribution in [3.05, 3.63) is 25.4 Å². The monoisotopic (exact) mass is 392 g/mol. The maximum atomic E-state index is 12.1. The molecule has 5 nitrogen and oxygen atoms in total. The van der Waals surface area contributed by atoms with Crippen LogP contribution in [0.3, 0.4) is 0 Å². The molecule has 0 atom stereocenters. The van der Waals surface area contributed by atoms with E-state index in [1.807, 2.05) is 6.92 Å². The molecule has 0 unspecified atom stereocenters. The molecular weight excluding hydrogens is 371 g/mol. The molecule has 1 aromatic heterocycles. The van der Waals surface area contributed by atoms with Gasteiger partial charge in [-0.3, -0.25) is 4.79 Å². The van der Waals surface area contributed by atoms with Crippen molar-refractivity contribution in [2.45, 2.75) is 45.1 Å². The third-order valence-corrected chi connectivity index (χ3v) is 4.68. The van der Waals surface area contributed by atoms with Gasteiger partial charge in [-0.25, -0.2) is 4.98 Å². The number of halogens is 1. The molecule has 0 bridgehead atoms. The van der Waals surface area contributed by atoms with Gasteiger partial charge >= 0.3 is 0 Å². The van der Waals surface area contributed by atoms with Crippen molar-refractivity contribution < 1.29 is 9.47 Å². The Hall–Kier alpha value is -0.470. The van der Waals surface area contributed by atoms with Crippen LogP contribution in [0.15, 0.2) is 4.79 Å². The van der Waals surface area contributed by atoms with E-state index >= 15 is 0 Å². The van der Waals surface area contributed by atoms with Gasteiger partial charge in [0.25, 0.3) is 5.56 Å². The lowest BCUT2D eigenvalue weighted by Gasteiger charge is -2.36. The number of rotatable bonds is 5. The molecule has 1 fully saturated rings. The van der Waals surface area contributed by atoms with Crippen LogP contribution in [0, 0.1) is 3.57 Å². The fourth-order valence-electron chi connectivity index (χ4n) is 2.55. The molecule has 1 saturated heterocycles. The summed E-state index contributed by atoms with van der Waals surface area (Å²) in [4.78, 5) is 19.7. The summed E-state index contributed by atoms with van der Waals surface area (Å²) in [7, 11) is 0. The van der Waals surface area contributed by atoms with Crippen LogP contribution in [0.5, 0.6) is 0 Å². The Morgan fingerprint density at radius 2 is 2.10 bits per heavy atom. The number of ether oxygens (including phenoxy) is 2. The van der Waals surface area contributed by atoms with Crippen LogP contribution in [-0.2, 0) is 21.5 Å². The van der Waals surface area contributed by atoms with Crippen LogP contribution in [0.25, 0.3) is 0 Å². The first-order chi connectivity index (χ1) is 9.63. The first-order valence-electron chi connectivity index (χ1n) is 7.14. The van der Waals surface area contributed by atoms with Crippen LogP contribution >= 0.6 is 22.6 Å². The van der Waals surface area contributed by atoms with Crippen LogP contribution in [0.2, 0.25) is 0 Å². The highest BCUT2D eigenvalue weighted by atomic mass is 127. The fourth-order valence-corrected chi connectivity index (χ4v) is 3.08. The van der Waals surface area contributed by atoms with Gasteiger partial charge in [-0.1, -0.05) is 13.3 Å². The summed E-state index contributed by atoms with van der Waals surface area (Å²) < 4.78 is 12.1. The minimum absolute atomic E-state index is 0.0652. The summed E-state index contributed by atoms with van der Waals surface area (Å²) in [5.41, 5.74) is 0.306. The number of nitrogens with one attached hydrogen (secondary N) is 1. The average Bonchev–Trinajstić information content (AvgIpc) is 2.45. The van der Waals surface area contributed by atoms with Gasteiger partial charge in [0.2, 0.25) is 0 Å². The number of aromatic nitrogens is 2. The topological polar surface area (TPSA) is 64.2 Å². The van der Waals surface area contributed by atoms with Crippen LogP contribution in [-0.4, -0.2) is 29.8 Å². The Kier molecular flexibility index (Phi) is 5.57. The number of aromatic amines is 1. The van der Waals surface area contributed by atoms with E-state index in [-0.39, 0.29) is 5.56 Å². The second kappa shape index (κ2) is 7.00. The fraction of sp³-hybridized carbons (Fsp3) is 0.714. The van der Waals surface area contributed by atoms with E-state index in [1.165, 1.54) is 0 Å². The molecular formula is C14H21IN2O3. The number of hydrogen-bond donors (Lipinski definition) is 1. The first-order valence-corrected chi connectivity index (χ1v) is 8.21. The summed E-state index contributed by atoms with van der Waals surface area (Å²) in [6.07, 6.45) is 3.25. The molecule has 1 N–H and O–H groups in total. The average molecular weight is 392 g/mol. The van der Waals surface area contributed by atoms with Gasteiger partial charge in [0, 0.05) is 32.7 Å². The highest BCUT2D eigenvalue weighted by molar-refractivity contribution is 14.1. The van der Waals surface area contributed by atoms with Gasteiger partial charge in [-0.2, -0.15) is 0 Å². The highest BCUT2D eigenvalue weighted by Crippen LogP contribution is 2.33. The van der Waals surface area contributed by atoms with Crippen molar-refractivity contribution in [2.75, 3.05) is 19.8 Å². The van der Waals surface area contributed by atoms with E-state index in [4.69, 9.17) is 14.5 Å². The lowest BCUT2D eigenvalue weighted by molar-refractivity contribution is -0.118. The molecule has 1 aromatic rings. The normalized spacial score (nSPS) is 18.1. The molecule has 1 aliphatic heterocycles. The van der Waals surface area contributed by atoms with E-state index < -0.39 is 5.60 Å². The molecule has 112 valence electrons. The summed E-state index contributed by atoms with van der Waals surface area (Å²) in [6.45, 7) is 5.93. The third-order valence-electron chi connectivity index (χ3n) is 3.57. The highest BCUT2D eigenvalue weighted by Gasteiger charge is 2.38. The number of aryl methyl sites for hydroxylation is 1. The van der Waals surface area contributed by atoms with Gasteiger partial charge < -0.3 is 14.5 Å². The predicted octanol–water partition coefficient (Wildman–Crippen LogP) is 2.37. The van der Waals surface area contributed by atoms with Crippen molar-refractivity contribution in [1.29, 1.82) is 0 Å². The van der Waals surface area contributed by atoms with Crippen molar-refractivity contribution in [1.82, 2.24) is 9.97 Å². The molecule has 2 rings (SSSR count). The Labute approximate surface area is 132 Å². The Morgan fingerprint density at radius 3 is 2.70 bits per heavy atom. The van der Waals surface area contributed by atoms with Crippen molar-refractivity contribution in [3.63, 3.8) is 0 Å². The van der Waals surface area contributed by atoms with E-state index in [1.54, 1.807) is 0 Å². The van der Waals surface area contributed by atoms with E-state index in [9.17, 15) is 4.79 Å². The second-order valence-corrected chi connectivity index (χ2v) is 6.04. The Balaban J connectivity index is 2.45. The third kappa shape index (κ3) is 3.23. The quantitative estimate of drug-likeness (QED) is 0.782. The Bertz CT molecular complexity index is 504. The Morgan fingerprint density at radius 1 is 1.40 bits per heavy atom. The zero-order valence-corrected chi connectivity index (χ0v) is 14.2.